The van der Waals surface area contributed by atoms with E-state index in [1.54, 1.807) is 0 Å². The lowest BCUT2D eigenvalue weighted by atomic mass is 10.2. The van der Waals surface area contributed by atoms with E-state index in [0.29, 0.717) is 13.2 Å². The lowest BCUT2D eigenvalue weighted by Crippen LogP contribution is -2.53. The third-order valence-electron chi connectivity index (χ3n) is 3.02. The number of halogens is 1. The van der Waals surface area contributed by atoms with Gasteiger partial charge in [0.2, 0.25) is 5.91 Å². The molecule has 12 heteroatoms. The maximum atomic E-state index is 12.2. The molecule has 0 unspecified atom stereocenters. The number of hydrogen-bond donors (Lipinski definition) is 2. The normalized spacial score (nSPS) is 19.3. The number of aromatic nitrogens is 2. The molecule has 0 bridgehead atoms. The molecule has 2 N–H and O–H groups in total. The van der Waals surface area contributed by atoms with Crippen LogP contribution < -0.4 is 5.32 Å². The molecule has 1 saturated heterocycles. The quantitative estimate of drug-likeness (QED) is 0.638. The van der Waals surface area contributed by atoms with Gasteiger partial charge >= 0.3 is 5.97 Å². The molecule has 1 aliphatic rings. The molecule has 2 rings (SSSR count). The maximum Gasteiger partial charge on any atom is 0.317 e. The van der Waals surface area contributed by atoms with Gasteiger partial charge in [0.05, 0.1) is 19.8 Å². The van der Waals surface area contributed by atoms with Gasteiger partial charge in [-0.1, -0.05) is 0 Å². The van der Waals surface area contributed by atoms with E-state index < -0.39 is 32.0 Å². The van der Waals surface area contributed by atoms with Crippen LogP contribution in [0.1, 0.15) is 0 Å². The fourth-order valence-electron chi connectivity index (χ4n) is 1.97. The Hall–Kier alpha value is -1.82. The Balaban J connectivity index is 2.06. The van der Waals surface area contributed by atoms with Crippen LogP contribution in [0.25, 0.3) is 0 Å². The summed E-state index contributed by atoms with van der Waals surface area (Å²) >= 11 is 0. The maximum absolute atomic E-state index is 12.2. The number of rotatable bonds is 5. The molecule has 0 aromatic carbocycles. The molecule has 0 spiro atoms. The van der Waals surface area contributed by atoms with Crippen LogP contribution >= 0.6 is 10.7 Å². The Morgan fingerprint density at radius 2 is 2.17 bits per heavy atom. The van der Waals surface area contributed by atoms with E-state index in [-0.39, 0.29) is 19.0 Å². The zero-order valence-corrected chi connectivity index (χ0v) is 13.2. The zero-order valence-electron chi connectivity index (χ0n) is 11.7. The van der Waals surface area contributed by atoms with Crippen LogP contribution in [0.3, 0.4) is 0 Å². The summed E-state index contributed by atoms with van der Waals surface area (Å²) in [6.45, 7) is 0.385. The molecule has 23 heavy (non-hydrogen) atoms. The van der Waals surface area contributed by atoms with Gasteiger partial charge in [-0.05, 0) is 12.1 Å². The Morgan fingerprint density at radius 3 is 2.74 bits per heavy atom. The number of aliphatic carboxylic acids is 1. The third-order valence-corrected chi connectivity index (χ3v) is 4.21. The first-order valence-electron chi connectivity index (χ1n) is 6.40. The predicted octanol–water partition coefficient (Wildman–Crippen LogP) is -0.872. The summed E-state index contributed by atoms with van der Waals surface area (Å²) in [5, 5.41) is 17.8. The highest BCUT2D eigenvalue weighted by atomic mass is 35.7. The van der Waals surface area contributed by atoms with Crippen molar-refractivity contribution < 1.29 is 27.9 Å². The van der Waals surface area contributed by atoms with Crippen molar-refractivity contribution >= 4 is 37.4 Å². The Kier molecular flexibility index (Phi) is 5.46. The van der Waals surface area contributed by atoms with Crippen LogP contribution in [0, 0.1) is 0 Å². The number of ether oxygens (including phenoxy) is 1. The highest BCUT2D eigenvalue weighted by Crippen LogP contribution is 2.13. The fourth-order valence-corrected chi connectivity index (χ4v) is 2.58. The largest absolute Gasteiger partial charge is 0.480 e. The lowest BCUT2D eigenvalue weighted by molar-refractivity contribution is -0.142. The number of carboxylic acids is 1. The van der Waals surface area contributed by atoms with Gasteiger partial charge in [0.15, 0.2) is 10.8 Å². The molecule has 1 fully saturated rings. The Labute approximate surface area is 135 Å². The van der Waals surface area contributed by atoms with Crippen LogP contribution in [0.15, 0.2) is 17.2 Å². The van der Waals surface area contributed by atoms with Crippen molar-refractivity contribution in [2.75, 3.05) is 31.6 Å². The molecule has 10 nitrogen and oxygen atoms in total. The van der Waals surface area contributed by atoms with Gasteiger partial charge in [-0.2, -0.15) is 0 Å². The molecule has 126 valence electrons. The first-order valence-corrected chi connectivity index (χ1v) is 8.71. The van der Waals surface area contributed by atoms with Crippen molar-refractivity contribution in [2.24, 2.45) is 0 Å². The van der Waals surface area contributed by atoms with Gasteiger partial charge in [0.25, 0.3) is 9.05 Å². The van der Waals surface area contributed by atoms with Crippen LogP contribution in [-0.2, 0) is 23.4 Å². The first-order chi connectivity index (χ1) is 10.8. The van der Waals surface area contributed by atoms with Crippen LogP contribution in [-0.4, -0.2) is 72.8 Å². The van der Waals surface area contributed by atoms with Gasteiger partial charge in [0.1, 0.15) is 6.04 Å². The van der Waals surface area contributed by atoms with Crippen molar-refractivity contribution in [1.82, 2.24) is 15.1 Å². The topological polar surface area (TPSA) is 139 Å². The smallest absolute Gasteiger partial charge is 0.317 e. The number of amides is 1. The number of hydrogen-bond acceptors (Lipinski definition) is 8. The summed E-state index contributed by atoms with van der Waals surface area (Å²) < 4.78 is 27.3. The average Bonchev–Trinajstić information content (AvgIpc) is 2.46. The number of carbonyl (C=O) groups excluding carboxylic acids is 1. The van der Waals surface area contributed by atoms with Gasteiger partial charge in [-0.25, -0.2) is 8.42 Å². The van der Waals surface area contributed by atoms with E-state index in [9.17, 15) is 18.0 Å². The lowest BCUT2D eigenvalue weighted by Gasteiger charge is -2.32. The minimum absolute atomic E-state index is 0.0138. The second-order valence-corrected chi connectivity index (χ2v) is 7.15. The van der Waals surface area contributed by atoms with Crippen molar-refractivity contribution in [3.05, 3.63) is 12.1 Å². The van der Waals surface area contributed by atoms with E-state index >= 15 is 0 Å². The molecular formula is C11H13ClN4O6S. The van der Waals surface area contributed by atoms with Gasteiger partial charge in [-0.15, -0.1) is 10.2 Å². The van der Waals surface area contributed by atoms with Crippen molar-refractivity contribution in [2.45, 2.75) is 11.1 Å². The monoisotopic (exact) mass is 364 g/mol. The molecule has 1 aromatic heterocycles. The summed E-state index contributed by atoms with van der Waals surface area (Å²) in [7, 11) is 1.11. The predicted molar refractivity (Wildman–Crippen MR) is 77.5 cm³/mol. The SMILES string of the molecule is O=C(O)CN1CCOC[C@H]1C(=O)Nc1ccc(S(=O)(=O)Cl)nn1. The number of nitrogens with zero attached hydrogens (tertiary/aromatic N) is 3. The van der Waals surface area contributed by atoms with E-state index in [0.717, 1.165) is 6.07 Å². The summed E-state index contributed by atoms with van der Waals surface area (Å²) in [5.41, 5.74) is 0. The van der Waals surface area contributed by atoms with Gasteiger partial charge in [0, 0.05) is 17.2 Å². The standard InChI is InChI=1S/C11H13ClN4O6S/c12-23(20,21)9-2-1-8(14-15-9)13-11(19)7-6-22-4-3-16(7)5-10(17)18/h1-2,7H,3-6H2,(H,17,18)(H,13,14,19)/t7-/m0/s1. The molecule has 1 aromatic rings. The number of anilines is 1. The van der Waals surface area contributed by atoms with E-state index in [1.165, 1.54) is 11.0 Å². The van der Waals surface area contributed by atoms with E-state index in [4.69, 9.17) is 20.5 Å². The van der Waals surface area contributed by atoms with Gasteiger partial charge < -0.3 is 15.2 Å². The van der Waals surface area contributed by atoms with Gasteiger partial charge in [-0.3, -0.25) is 14.5 Å². The fraction of sp³-hybridized carbons (Fsp3) is 0.455. The summed E-state index contributed by atoms with van der Waals surface area (Å²) in [6.07, 6.45) is 0. The van der Waals surface area contributed by atoms with Crippen molar-refractivity contribution in [3.8, 4) is 0 Å². The summed E-state index contributed by atoms with van der Waals surface area (Å²) in [5.74, 6) is -1.57. The molecular weight excluding hydrogens is 352 g/mol. The second-order valence-electron chi connectivity index (χ2n) is 4.64. The molecule has 0 saturated carbocycles. The number of carbonyl (C=O) groups is 2. The molecule has 1 atom stereocenters. The molecule has 2 heterocycles. The number of nitrogens with one attached hydrogen (secondary N) is 1. The second kappa shape index (κ2) is 7.17. The highest BCUT2D eigenvalue weighted by molar-refractivity contribution is 8.13. The number of carboxylic acid groups (broad SMARTS) is 1. The minimum Gasteiger partial charge on any atom is -0.480 e. The molecule has 0 radical (unpaired) electrons. The van der Waals surface area contributed by atoms with E-state index in [2.05, 4.69) is 15.5 Å². The Morgan fingerprint density at radius 1 is 1.43 bits per heavy atom. The molecule has 1 amide bonds. The first kappa shape index (κ1) is 17.5. The zero-order chi connectivity index (χ0) is 17.0. The minimum atomic E-state index is -4.00. The van der Waals surface area contributed by atoms with E-state index in [1.807, 2.05) is 0 Å². The molecule has 0 aliphatic carbocycles. The highest BCUT2D eigenvalue weighted by Gasteiger charge is 2.31. The average molecular weight is 365 g/mol. The van der Waals surface area contributed by atoms with Crippen molar-refractivity contribution in [3.63, 3.8) is 0 Å². The summed E-state index contributed by atoms with van der Waals surface area (Å²) in [4.78, 5) is 24.5. The van der Waals surface area contributed by atoms with Crippen LogP contribution in [0.2, 0.25) is 0 Å². The Bertz CT molecular complexity index is 695. The van der Waals surface area contributed by atoms with Crippen LogP contribution in [0.4, 0.5) is 5.82 Å². The summed E-state index contributed by atoms with van der Waals surface area (Å²) in [6, 6.07) is 1.53. The van der Waals surface area contributed by atoms with Crippen molar-refractivity contribution in [1.29, 1.82) is 0 Å². The van der Waals surface area contributed by atoms with Crippen LogP contribution in [0.5, 0.6) is 0 Å². The third kappa shape index (κ3) is 4.82. The number of morpholine rings is 1. The molecule has 1 aliphatic heterocycles.